The predicted molar refractivity (Wildman–Crippen MR) is 121 cm³/mol. The lowest BCUT2D eigenvalue weighted by atomic mass is 10.1. The summed E-state index contributed by atoms with van der Waals surface area (Å²) in [5.41, 5.74) is 0.901. The normalized spacial score (nSPS) is 17.2. The van der Waals surface area contributed by atoms with E-state index in [1.807, 2.05) is 24.5 Å². The number of carbonyl (C=O) groups is 3. The van der Waals surface area contributed by atoms with Gasteiger partial charge in [0.05, 0.1) is 10.8 Å². The average molecular weight is 478 g/mol. The number of amides is 2. The van der Waals surface area contributed by atoms with E-state index >= 15 is 0 Å². The molecule has 2 atom stereocenters. The van der Waals surface area contributed by atoms with Crippen molar-refractivity contribution in [2.75, 3.05) is 23.0 Å². The van der Waals surface area contributed by atoms with Crippen molar-refractivity contribution in [1.82, 2.24) is 0 Å². The second-order valence-corrected chi connectivity index (χ2v) is 9.69. The third-order valence-electron chi connectivity index (χ3n) is 4.92. The monoisotopic (exact) mass is 477 g/mol. The molecule has 11 heteroatoms. The molecule has 0 bridgehead atoms. The quantitative estimate of drug-likeness (QED) is 0.460. The highest BCUT2D eigenvalue weighted by atomic mass is 32.2. The van der Waals surface area contributed by atoms with E-state index in [0.29, 0.717) is 5.69 Å². The van der Waals surface area contributed by atoms with Crippen LogP contribution in [0.5, 0.6) is 0 Å². The number of nitrogens with zero attached hydrogens (tertiary/aromatic N) is 1. The number of carbonyl (C=O) groups excluding carboxylic acids is 3. The zero-order valence-electron chi connectivity index (χ0n) is 17.5. The Bertz CT molecular complexity index is 1150. The molecule has 1 aliphatic heterocycles. The molecule has 0 saturated carbocycles. The first kappa shape index (κ1) is 23.8. The molecule has 1 saturated heterocycles. The van der Waals surface area contributed by atoms with Gasteiger partial charge in [0.25, 0.3) is 5.91 Å². The molecular weight excluding hydrogens is 454 g/mol. The number of benzene rings is 2. The van der Waals surface area contributed by atoms with Gasteiger partial charge in [-0.1, -0.05) is 12.1 Å². The summed E-state index contributed by atoms with van der Waals surface area (Å²) in [6.45, 7) is 1.56. The molecule has 0 unspecified atom stereocenters. The number of anilines is 2. The molecule has 1 aliphatic rings. The van der Waals surface area contributed by atoms with E-state index in [1.54, 1.807) is 17.8 Å². The van der Waals surface area contributed by atoms with Crippen molar-refractivity contribution >= 4 is 50.9 Å². The summed E-state index contributed by atoms with van der Waals surface area (Å²) in [7, 11) is -3.92. The summed E-state index contributed by atoms with van der Waals surface area (Å²) >= 11 is 1.55. The fourth-order valence-corrected chi connectivity index (χ4v) is 4.22. The molecule has 1 heterocycles. The highest BCUT2D eigenvalue weighted by Gasteiger charge is 2.37. The molecule has 0 radical (unpaired) electrons. The van der Waals surface area contributed by atoms with E-state index in [-0.39, 0.29) is 29.5 Å². The van der Waals surface area contributed by atoms with E-state index in [9.17, 15) is 22.8 Å². The maximum Gasteiger partial charge on any atom is 0.312 e. The van der Waals surface area contributed by atoms with Gasteiger partial charge in [-0.05, 0) is 49.6 Å². The summed E-state index contributed by atoms with van der Waals surface area (Å²) in [6.07, 6.45) is 0.778. The molecule has 3 N–H and O–H groups in total. The number of rotatable bonds is 7. The first-order valence-corrected chi connectivity index (χ1v) is 12.4. The maximum atomic E-state index is 12.6. The first-order valence-electron chi connectivity index (χ1n) is 9.67. The third kappa shape index (κ3) is 5.67. The van der Waals surface area contributed by atoms with Crippen LogP contribution in [0.2, 0.25) is 0 Å². The molecule has 2 amide bonds. The van der Waals surface area contributed by atoms with Crippen LogP contribution < -0.4 is 15.4 Å². The molecule has 2 aromatic carbocycles. The van der Waals surface area contributed by atoms with Crippen molar-refractivity contribution in [2.24, 2.45) is 11.1 Å². The van der Waals surface area contributed by atoms with Crippen LogP contribution in [0.15, 0.2) is 58.3 Å². The molecule has 3 rings (SSSR count). The Kier molecular flexibility index (Phi) is 7.22. The number of sulfonamides is 1. The predicted octanol–water partition coefficient (Wildman–Crippen LogP) is 1.98. The molecule has 9 nitrogen and oxygen atoms in total. The smallest absolute Gasteiger partial charge is 0.312 e. The number of nitrogens with two attached hydrogens (primary N) is 1. The molecule has 170 valence electrons. The Morgan fingerprint density at radius 2 is 1.94 bits per heavy atom. The number of hydrogen-bond acceptors (Lipinski definition) is 7. The van der Waals surface area contributed by atoms with Crippen LogP contribution in [0.25, 0.3) is 0 Å². The highest BCUT2D eigenvalue weighted by Crippen LogP contribution is 2.29. The molecule has 0 aromatic heterocycles. The summed E-state index contributed by atoms with van der Waals surface area (Å²) in [5.74, 6) is -2.18. The minimum Gasteiger partial charge on any atom is -0.452 e. The number of nitrogens with one attached hydrogen (secondary N) is 1. The Morgan fingerprint density at radius 3 is 2.62 bits per heavy atom. The highest BCUT2D eigenvalue weighted by molar-refractivity contribution is 7.98. The second-order valence-electron chi connectivity index (χ2n) is 7.25. The van der Waals surface area contributed by atoms with E-state index in [2.05, 4.69) is 5.32 Å². The molecular formula is C21H23N3O6S2. The topological polar surface area (TPSA) is 136 Å². The maximum absolute atomic E-state index is 12.6. The molecule has 0 aliphatic carbocycles. The van der Waals surface area contributed by atoms with Gasteiger partial charge >= 0.3 is 5.97 Å². The minimum absolute atomic E-state index is 0.00687. The van der Waals surface area contributed by atoms with Gasteiger partial charge in [0.1, 0.15) is 0 Å². The van der Waals surface area contributed by atoms with Crippen LogP contribution in [0.3, 0.4) is 0 Å². The zero-order chi connectivity index (χ0) is 23.5. The van der Waals surface area contributed by atoms with Gasteiger partial charge in [-0.25, -0.2) is 13.6 Å². The second kappa shape index (κ2) is 9.72. The number of primary sulfonamides is 1. The zero-order valence-corrected chi connectivity index (χ0v) is 19.1. The molecule has 1 fully saturated rings. The van der Waals surface area contributed by atoms with Crippen molar-refractivity contribution in [3.63, 3.8) is 0 Å². The van der Waals surface area contributed by atoms with Crippen LogP contribution in [-0.2, 0) is 29.1 Å². The number of hydrogen-bond donors (Lipinski definition) is 2. The number of esters is 1. The van der Waals surface area contributed by atoms with Gasteiger partial charge < -0.3 is 15.0 Å². The molecule has 32 heavy (non-hydrogen) atoms. The average Bonchev–Trinajstić information content (AvgIpc) is 3.15. The van der Waals surface area contributed by atoms with Crippen molar-refractivity contribution in [3.05, 3.63) is 48.5 Å². The number of ether oxygens (including phenoxy) is 1. The van der Waals surface area contributed by atoms with Crippen LogP contribution in [0.1, 0.15) is 13.3 Å². The Hall–Kier alpha value is -2.89. The van der Waals surface area contributed by atoms with Gasteiger partial charge in [0, 0.05) is 29.2 Å². The summed E-state index contributed by atoms with van der Waals surface area (Å²) < 4.78 is 28.2. The van der Waals surface area contributed by atoms with Crippen LogP contribution in [-0.4, -0.2) is 45.1 Å². The van der Waals surface area contributed by atoms with Gasteiger partial charge in [0.15, 0.2) is 6.10 Å². The lowest BCUT2D eigenvalue weighted by Crippen LogP contribution is -2.33. The van der Waals surface area contributed by atoms with Crippen LogP contribution in [0.4, 0.5) is 11.4 Å². The van der Waals surface area contributed by atoms with Crippen LogP contribution in [0, 0.1) is 5.92 Å². The summed E-state index contributed by atoms with van der Waals surface area (Å²) in [6, 6.07) is 12.9. The Balaban J connectivity index is 1.60. The van der Waals surface area contributed by atoms with E-state index in [0.717, 1.165) is 4.90 Å². The fraction of sp³-hybridized carbons (Fsp3) is 0.286. The minimum atomic E-state index is -3.92. The van der Waals surface area contributed by atoms with Crippen molar-refractivity contribution in [3.8, 4) is 0 Å². The lowest BCUT2D eigenvalue weighted by Gasteiger charge is -2.18. The van der Waals surface area contributed by atoms with Gasteiger partial charge in [0.2, 0.25) is 15.9 Å². The number of thioether (sulfide) groups is 1. The Morgan fingerprint density at radius 1 is 1.22 bits per heavy atom. The lowest BCUT2D eigenvalue weighted by molar-refractivity contribution is -0.157. The van der Waals surface area contributed by atoms with Gasteiger partial charge in [-0.15, -0.1) is 11.8 Å². The molecule has 2 aromatic rings. The van der Waals surface area contributed by atoms with Gasteiger partial charge in [-0.3, -0.25) is 14.4 Å². The standard InChI is InChI=1S/C21H23N3O6S2/c1-13(20(26)23-15-5-3-8-18(10-15)32(22,28)29)30-21(27)14-9-19(25)24(12-14)16-6-4-7-17(11-16)31-2/h3-8,10-11,13-14H,9,12H2,1-2H3,(H,23,26)(H2,22,28,29)/t13-,14-/m1/s1. The van der Waals surface area contributed by atoms with Gasteiger partial charge in [-0.2, -0.15) is 0 Å². The summed E-state index contributed by atoms with van der Waals surface area (Å²) in [5, 5.41) is 7.58. The van der Waals surface area contributed by atoms with E-state index < -0.39 is 33.9 Å². The third-order valence-corrected chi connectivity index (χ3v) is 6.55. The van der Waals surface area contributed by atoms with E-state index in [4.69, 9.17) is 9.88 Å². The molecule has 0 spiro atoms. The first-order chi connectivity index (χ1) is 15.1. The van der Waals surface area contributed by atoms with E-state index in [1.165, 1.54) is 36.1 Å². The van der Waals surface area contributed by atoms with Crippen LogP contribution >= 0.6 is 11.8 Å². The fourth-order valence-electron chi connectivity index (χ4n) is 3.21. The SMILES string of the molecule is CSc1cccc(N2C[C@H](C(=O)O[C@H](C)C(=O)Nc3cccc(S(N)(=O)=O)c3)CC2=O)c1. The Labute approximate surface area is 190 Å². The largest absolute Gasteiger partial charge is 0.452 e. The van der Waals surface area contributed by atoms with Crippen molar-refractivity contribution in [2.45, 2.75) is 29.2 Å². The van der Waals surface area contributed by atoms with Crippen molar-refractivity contribution in [1.29, 1.82) is 0 Å². The summed E-state index contributed by atoms with van der Waals surface area (Å²) in [4.78, 5) is 39.8. The van der Waals surface area contributed by atoms with Crippen molar-refractivity contribution < 1.29 is 27.5 Å².